The zero-order chi connectivity index (χ0) is 18.9. The minimum Gasteiger partial charge on any atom is -0.361 e. The third-order valence-electron chi connectivity index (χ3n) is 5.60. The van der Waals surface area contributed by atoms with Gasteiger partial charge in [0.2, 0.25) is 17.7 Å². The van der Waals surface area contributed by atoms with E-state index in [0.29, 0.717) is 32.6 Å². The zero-order valence-electron chi connectivity index (χ0n) is 15.6. The van der Waals surface area contributed by atoms with Crippen LogP contribution >= 0.6 is 0 Å². The maximum Gasteiger partial charge on any atom is 0.241 e. The van der Waals surface area contributed by atoms with Crippen molar-refractivity contribution in [3.05, 3.63) is 17.0 Å². The maximum atomic E-state index is 12.5. The number of nitrogens with one attached hydrogen (secondary N) is 1. The van der Waals surface area contributed by atoms with E-state index < -0.39 is 0 Å². The number of nitrogens with zero attached hydrogens (tertiary/aromatic N) is 3. The Morgan fingerprint density at radius 2 is 1.96 bits per heavy atom. The molecule has 2 saturated heterocycles. The van der Waals surface area contributed by atoms with E-state index in [1.807, 2.05) is 18.7 Å². The Balaban J connectivity index is 1.57. The number of likely N-dealkylation sites (tertiary alicyclic amines) is 2. The minimum absolute atomic E-state index is 0.0411. The fourth-order valence-electron chi connectivity index (χ4n) is 3.92. The lowest BCUT2D eigenvalue weighted by Gasteiger charge is -2.38. The molecule has 2 fully saturated rings. The summed E-state index contributed by atoms with van der Waals surface area (Å²) in [6.45, 7) is 7.70. The third-order valence-corrected chi connectivity index (χ3v) is 5.60. The van der Waals surface area contributed by atoms with Gasteiger partial charge in [0.25, 0.3) is 0 Å². The Kier molecular flexibility index (Phi) is 5.02. The largest absolute Gasteiger partial charge is 0.361 e. The summed E-state index contributed by atoms with van der Waals surface area (Å²) in [7, 11) is 0. The second kappa shape index (κ2) is 7.09. The van der Waals surface area contributed by atoms with Crippen molar-refractivity contribution in [3.8, 4) is 0 Å². The van der Waals surface area contributed by atoms with Gasteiger partial charge in [-0.25, -0.2) is 0 Å². The molecule has 0 saturated carbocycles. The van der Waals surface area contributed by atoms with Crippen molar-refractivity contribution >= 4 is 17.7 Å². The smallest absolute Gasteiger partial charge is 0.241 e. The standard InChI is InChI=1S/C18H26N4O4/c1-12-15(13(2)26-20-12)10-22-11-18(8-16(22)24)4-6-21(7-5-18)17(25)9-19-14(3)23/h4-11H2,1-3H3,(H,19,23). The van der Waals surface area contributed by atoms with Gasteiger partial charge in [-0.1, -0.05) is 5.16 Å². The molecule has 3 rings (SSSR count). The van der Waals surface area contributed by atoms with Crippen LogP contribution in [0.5, 0.6) is 0 Å². The van der Waals surface area contributed by atoms with Crippen LogP contribution in [0.25, 0.3) is 0 Å². The summed E-state index contributed by atoms with van der Waals surface area (Å²) in [6.07, 6.45) is 2.15. The van der Waals surface area contributed by atoms with Gasteiger partial charge in [0.05, 0.1) is 18.8 Å². The van der Waals surface area contributed by atoms with E-state index >= 15 is 0 Å². The highest BCUT2D eigenvalue weighted by Gasteiger charge is 2.45. The van der Waals surface area contributed by atoms with Crippen molar-refractivity contribution in [2.45, 2.75) is 46.6 Å². The topological polar surface area (TPSA) is 95.8 Å². The van der Waals surface area contributed by atoms with E-state index in [-0.39, 0.29) is 29.7 Å². The lowest BCUT2D eigenvalue weighted by Crippen LogP contribution is -2.47. The van der Waals surface area contributed by atoms with Gasteiger partial charge in [-0.3, -0.25) is 14.4 Å². The highest BCUT2D eigenvalue weighted by Crippen LogP contribution is 2.41. The lowest BCUT2D eigenvalue weighted by molar-refractivity contribution is -0.134. The first-order chi connectivity index (χ1) is 12.3. The first-order valence-electron chi connectivity index (χ1n) is 9.01. The molecule has 2 aliphatic heterocycles. The second-order valence-corrected chi connectivity index (χ2v) is 7.52. The molecule has 0 unspecified atom stereocenters. The van der Waals surface area contributed by atoms with E-state index in [1.165, 1.54) is 6.92 Å². The van der Waals surface area contributed by atoms with Gasteiger partial charge in [0, 0.05) is 44.0 Å². The highest BCUT2D eigenvalue weighted by molar-refractivity contribution is 5.84. The zero-order valence-corrected chi connectivity index (χ0v) is 15.6. The molecule has 1 N–H and O–H groups in total. The molecule has 0 aliphatic carbocycles. The van der Waals surface area contributed by atoms with Crippen molar-refractivity contribution in [1.29, 1.82) is 0 Å². The monoisotopic (exact) mass is 362 g/mol. The summed E-state index contributed by atoms with van der Waals surface area (Å²) in [5.74, 6) is 0.646. The normalized spacial score (nSPS) is 19.3. The first kappa shape index (κ1) is 18.4. The van der Waals surface area contributed by atoms with Crippen molar-refractivity contribution in [2.75, 3.05) is 26.2 Å². The summed E-state index contributed by atoms with van der Waals surface area (Å²) in [4.78, 5) is 39.3. The van der Waals surface area contributed by atoms with Crippen LogP contribution in [0.1, 0.15) is 43.2 Å². The fourth-order valence-corrected chi connectivity index (χ4v) is 3.92. The molecular weight excluding hydrogens is 336 g/mol. The molecule has 1 spiro atoms. The van der Waals surface area contributed by atoms with Gasteiger partial charge in [0.15, 0.2) is 0 Å². The van der Waals surface area contributed by atoms with Crippen molar-refractivity contribution in [3.63, 3.8) is 0 Å². The number of rotatable bonds is 4. The predicted molar refractivity (Wildman–Crippen MR) is 92.9 cm³/mol. The summed E-state index contributed by atoms with van der Waals surface area (Å²) in [5.41, 5.74) is 1.76. The van der Waals surface area contributed by atoms with E-state index in [0.717, 1.165) is 29.9 Å². The van der Waals surface area contributed by atoms with Crippen LogP contribution in [0.2, 0.25) is 0 Å². The summed E-state index contributed by atoms with van der Waals surface area (Å²) >= 11 is 0. The summed E-state index contributed by atoms with van der Waals surface area (Å²) in [6, 6.07) is 0. The number of hydrogen-bond acceptors (Lipinski definition) is 5. The molecule has 8 heteroatoms. The highest BCUT2D eigenvalue weighted by atomic mass is 16.5. The van der Waals surface area contributed by atoms with Gasteiger partial charge in [0.1, 0.15) is 5.76 Å². The number of amides is 3. The third kappa shape index (κ3) is 3.73. The Labute approximate surface area is 152 Å². The van der Waals surface area contributed by atoms with Crippen LogP contribution in [0.15, 0.2) is 4.52 Å². The molecular formula is C18H26N4O4. The molecule has 0 aromatic carbocycles. The molecule has 0 bridgehead atoms. The number of aryl methyl sites for hydroxylation is 2. The number of carbonyl (C=O) groups excluding carboxylic acids is 3. The molecule has 8 nitrogen and oxygen atoms in total. The van der Waals surface area contributed by atoms with E-state index in [4.69, 9.17) is 4.52 Å². The Morgan fingerprint density at radius 1 is 1.27 bits per heavy atom. The Hall–Kier alpha value is -2.38. The number of piperidine rings is 1. The molecule has 142 valence electrons. The quantitative estimate of drug-likeness (QED) is 0.853. The average Bonchev–Trinajstić information content (AvgIpc) is 3.07. The molecule has 3 heterocycles. The van der Waals surface area contributed by atoms with E-state index in [9.17, 15) is 14.4 Å². The molecule has 2 aliphatic rings. The van der Waals surface area contributed by atoms with Gasteiger partial charge >= 0.3 is 0 Å². The SMILES string of the molecule is CC(=O)NCC(=O)N1CCC2(CC1)CC(=O)N(Cc1c(C)noc1C)C2. The predicted octanol–water partition coefficient (Wildman–Crippen LogP) is 0.769. The molecule has 1 aromatic rings. The van der Waals surface area contributed by atoms with Crippen LogP contribution in [0.3, 0.4) is 0 Å². The number of carbonyl (C=O) groups is 3. The number of hydrogen-bond donors (Lipinski definition) is 1. The molecule has 3 amide bonds. The maximum absolute atomic E-state index is 12.5. The Bertz CT molecular complexity index is 699. The van der Waals surface area contributed by atoms with Gasteiger partial charge in [-0.15, -0.1) is 0 Å². The molecule has 1 aromatic heterocycles. The van der Waals surface area contributed by atoms with Crippen LogP contribution in [-0.2, 0) is 20.9 Å². The van der Waals surface area contributed by atoms with Gasteiger partial charge in [-0.05, 0) is 26.7 Å². The number of aromatic nitrogens is 1. The Morgan fingerprint density at radius 3 is 2.54 bits per heavy atom. The van der Waals surface area contributed by atoms with E-state index in [1.54, 1.807) is 4.90 Å². The van der Waals surface area contributed by atoms with Crippen LogP contribution in [0.4, 0.5) is 0 Å². The van der Waals surface area contributed by atoms with Crippen LogP contribution in [-0.4, -0.2) is 58.9 Å². The summed E-state index contributed by atoms with van der Waals surface area (Å²) in [5, 5.41) is 6.51. The molecule has 0 radical (unpaired) electrons. The van der Waals surface area contributed by atoms with Crippen molar-refractivity contribution < 1.29 is 18.9 Å². The fraction of sp³-hybridized carbons (Fsp3) is 0.667. The first-order valence-corrected chi connectivity index (χ1v) is 9.01. The minimum atomic E-state index is -0.205. The van der Waals surface area contributed by atoms with Gasteiger partial charge in [-0.2, -0.15) is 0 Å². The van der Waals surface area contributed by atoms with Gasteiger partial charge < -0.3 is 19.6 Å². The molecule has 0 atom stereocenters. The second-order valence-electron chi connectivity index (χ2n) is 7.52. The van der Waals surface area contributed by atoms with Crippen molar-refractivity contribution in [2.24, 2.45) is 5.41 Å². The average molecular weight is 362 g/mol. The van der Waals surface area contributed by atoms with E-state index in [2.05, 4.69) is 10.5 Å². The molecule has 26 heavy (non-hydrogen) atoms. The lowest BCUT2D eigenvalue weighted by atomic mass is 9.77. The summed E-state index contributed by atoms with van der Waals surface area (Å²) < 4.78 is 5.20. The van der Waals surface area contributed by atoms with Crippen LogP contribution < -0.4 is 5.32 Å². The van der Waals surface area contributed by atoms with Crippen LogP contribution in [0, 0.1) is 19.3 Å². The van der Waals surface area contributed by atoms with Crippen molar-refractivity contribution in [1.82, 2.24) is 20.3 Å².